The first-order valence-corrected chi connectivity index (χ1v) is 8.12. The molecule has 0 bridgehead atoms. The fraction of sp³-hybridized carbons (Fsp3) is 0.263. The topological polar surface area (TPSA) is 59.0 Å². The lowest BCUT2D eigenvalue weighted by Crippen LogP contribution is -2.28. The van der Waals surface area contributed by atoms with E-state index in [1.54, 1.807) is 0 Å². The first-order valence-electron chi connectivity index (χ1n) is 8.12. The van der Waals surface area contributed by atoms with Crippen LogP contribution < -0.4 is 10.6 Å². The summed E-state index contributed by atoms with van der Waals surface area (Å²) in [5.41, 5.74) is 3.77. The van der Waals surface area contributed by atoms with Crippen LogP contribution in [0.3, 0.4) is 0 Å². The van der Waals surface area contributed by atoms with Crippen LogP contribution in [-0.4, -0.2) is 15.6 Å². The van der Waals surface area contributed by atoms with E-state index >= 15 is 0 Å². The van der Waals surface area contributed by atoms with Crippen LogP contribution in [-0.2, 0) is 6.54 Å². The highest BCUT2D eigenvalue weighted by molar-refractivity contribution is 5.92. The first-order chi connectivity index (χ1) is 11.5. The van der Waals surface area contributed by atoms with Gasteiger partial charge in [0.15, 0.2) is 0 Å². The molecule has 5 nitrogen and oxygen atoms in total. The van der Waals surface area contributed by atoms with Crippen LogP contribution in [0.15, 0.2) is 48.5 Å². The van der Waals surface area contributed by atoms with Crippen LogP contribution in [0.25, 0.3) is 11.0 Å². The van der Waals surface area contributed by atoms with E-state index in [9.17, 15) is 4.79 Å². The molecule has 24 heavy (non-hydrogen) atoms. The Morgan fingerprint density at radius 2 is 1.92 bits per heavy atom. The van der Waals surface area contributed by atoms with Crippen molar-refractivity contribution in [3.8, 4) is 0 Å². The number of nitrogens with one attached hydrogen (secondary N) is 2. The molecule has 2 N–H and O–H groups in total. The SMILES string of the molecule is Cc1nc2cc(NC(=O)NCc3ccccc3)ccc2n1C(C)C. The molecule has 124 valence electrons. The molecule has 0 spiro atoms. The van der Waals surface area contributed by atoms with Gasteiger partial charge in [-0.25, -0.2) is 9.78 Å². The van der Waals surface area contributed by atoms with E-state index in [1.807, 2.05) is 55.5 Å². The average Bonchev–Trinajstić information content (AvgIpc) is 2.89. The van der Waals surface area contributed by atoms with Gasteiger partial charge in [0.05, 0.1) is 11.0 Å². The number of fused-ring (bicyclic) bond motifs is 1. The van der Waals surface area contributed by atoms with Crippen molar-refractivity contribution in [3.05, 3.63) is 59.9 Å². The zero-order valence-corrected chi connectivity index (χ0v) is 14.2. The van der Waals surface area contributed by atoms with Crippen LogP contribution in [0.4, 0.5) is 10.5 Å². The quantitative estimate of drug-likeness (QED) is 0.754. The highest BCUT2D eigenvalue weighted by atomic mass is 16.2. The van der Waals surface area contributed by atoms with Gasteiger partial charge in [-0.2, -0.15) is 0 Å². The molecular weight excluding hydrogens is 300 g/mol. The summed E-state index contributed by atoms with van der Waals surface area (Å²) >= 11 is 0. The normalized spacial score (nSPS) is 11.0. The maximum absolute atomic E-state index is 12.1. The number of anilines is 1. The highest BCUT2D eigenvalue weighted by Gasteiger charge is 2.11. The number of benzene rings is 2. The number of imidazole rings is 1. The van der Waals surface area contributed by atoms with Crippen molar-refractivity contribution < 1.29 is 4.79 Å². The molecule has 0 atom stereocenters. The van der Waals surface area contributed by atoms with Crippen LogP contribution in [0.1, 0.15) is 31.3 Å². The van der Waals surface area contributed by atoms with Gasteiger partial charge in [0.25, 0.3) is 0 Å². The first kappa shape index (κ1) is 16.1. The maximum atomic E-state index is 12.1. The molecule has 0 fully saturated rings. The van der Waals surface area contributed by atoms with Gasteiger partial charge in [0.1, 0.15) is 5.82 Å². The number of hydrogen-bond acceptors (Lipinski definition) is 2. The Kier molecular flexibility index (Phi) is 4.51. The Labute approximate surface area is 141 Å². The number of aryl methyl sites for hydroxylation is 1. The lowest BCUT2D eigenvalue weighted by molar-refractivity contribution is 0.251. The van der Waals surface area contributed by atoms with E-state index in [2.05, 4.69) is 34.0 Å². The number of aromatic nitrogens is 2. The number of urea groups is 1. The fourth-order valence-electron chi connectivity index (χ4n) is 2.90. The Morgan fingerprint density at radius 1 is 1.17 bits per heavy atom. The number of hydrogen-bond donors (Lipinski definition) is 2. The third-order valence-electron chi connectivity index (χ3n) is 3.94. The molecule has 0 aliphatic rings. The fourth-order valence-corrected chi connectivity index (χ4v) is 2.90. The van der Waals surface area contributed by atoms with Crippen LogP contribution in [0.2, 0.25) is 0 Å². The number of carbonyl (C=O) groups is 1. The molecule has 0 aliphatic heterocycles. The maximum Gasteiger partial charge on any atom is 0.319 e. The minimum Gasteiger partial charge on any atom is -0.334 e. The van der Waals surface area contributed by atoms with Gasteiger partial charge in [-0.3, -0.25) is 0 Å². The van der Waals surface area contributed by atoms with Crippen LogP contribution in [0, 0.1) is 6.92 Å². The second kappa shape index (κ2) is 6.74. The summed E-state index contributed by atoms with van der Waals surface area (Å²) in [5.74, 6) is 0.977. The van der Waals surface area contributed by atoms with E-state index < -0.39 is 0 Å². The lowest BCUT2D eigenvalue weighted by Gasteiger charge is -2.11. The van der Waals surface area contributed by atoms with Gasteiger partial charge in [-0.15, -0.1) is 0 Å². The molecule has 2 aromatic carbocycles. The largest absolute Gasteiger partial charge is 0.334 e. The summed E-state index contributed by atoms with van der Waals surface area (Å²) < 4.78 is 2.19. The second-order valence-corrected chi connectivity index (χ2v) is 6.12. The summed E-state index contributed by atoms with van der Waals surface area (Å²) in [6.45, 7) is 6.77. The molecule has 2 amide bonds. The zero-order valence-electron chi connectivity index (χ0n) is 14.2. The van der Waals surface area contributed by atoms with E-state index in [4.69, 9.17) is 0 Å². The van der Waals surface area contributed by atoms with Crippen molar-refractivity contribution >= 4 is 22.8 Å². The molecule has 0 aliphatic carbocycles. The van der Waals surface area contributed by atoms with Crippen molar-refractivity contribution in [3.63, 3.8) is 0 Å². The average molecular weight is 322 g/mol. The Balaban J connectivity index is 1.70. The molecule has 1 aromatic heterocycles. The predicted octanol–water partition coefficient (Wildman–Crippen LogP) is 4.25. The Morgan fingerprint density at radius 3 is 2.62 bits per heavy atom. The molecule has 1 heterocycles. The monoisotopic (exact) mass is 322 g/mol. The van der Waals surface area contributed by atoms with Crippen LogP contribution in [0.5, 0.6) is 0 Å². The lowest BCUT2D eigenvalue weighted by atomic mass is 10.2. The summed E-state index contributed by atoms with van der Waals surface area (Å²) in [4.78, 5) is 16.6. The number of amides is 2. The van der Waals surface area contributed by atoms with Crippen molar-refractivity contribution in [1.82, 2.24) is 14.9 Å². The molecule has 0 saturated heterocycles. The zero-order chi connectivity index (χ0) is 17.1. The number of nitrogens with zero attached hydrogens (tertiary/aromatic N) is 2. The van der Waals surface area contributed by atoms with E-state index in [1.165, 1.54) is 0 Å². The van der Waals surface area contributed by atoms with Gasteiger partial charge in [-0.05, 0) is 44.5 Å². The van der Waals surface area contributed by atoms with Crippen molar-refractivity contribution in [1.29, 1.82) is 0 Å². The molecule has 3 aromatic rings. The molecule has 0 radical (unpaired) electrons. The van der Waals surface area contributed by atoms with E-state index in [0.29, 0.717) is 12.6 Å². The third-order valence-corrected chi connectivity index (χ3v) is 3.94. The summed E-state index contributed by atoms with van der Waals surface area (Å²) in [5, 5.41) is 5.72. The van der Waals surface area contributed by atoms with Crippen molar-refractivity contribution in [2.24, 2.45) is 0 Å². The number of carbonyl (C=O) groups excluding carboxylic acids is 1. The van der Waals surface area contributed by atoms with Gasteiger partial charge < -0.3 is 15.2 Å². The van der Waals surface area contributed by atoms with Gasteiger partial charge in [-0.1, -0.05) is 30.3 Å². The summed E-state index contributed by atoms with van der Waals surface area (Å²) in [7, 11) is 0. The minimum atomic E-state index is -0.224. The summed E-state index contributed by atoms with van der Waals surface area (Å²) in [6, 6.07) is 15.8. The molecule has 5 heteroatoms. The van der Waals surface area contributed by atoms with Crippen molar-refractivity contribution in [2.75, 3.05) is 5.32 Å². The van der Waals surface area contributed by atoms with Gasteiger partial charge in [0.2, 0.25) is 0 Å². The minimum absolute atomic E-state index is 0.224. The van der Waals surface area contributed by atoms with Gasteiger partial charge >= 0.3 is 6.03 Å². The Hall–Kier alpha value is -2.82. The van der Waals surface area contributed by atoms with Gasteiger partial charge in [0, 0.05) is 18.3 Å². The van der Waals surface area contributed by atoms with E-state index in [0.717, 1.165) is 28.1 Å². The smallest absolute Gasteiger partial charge is 0.319 e. The third kappa shape index (κ3) is 3.40. The molecular formula is C19H22N4O. The van der Waals surface area contributed by atoms with Crippen molar-refractivity contribution in [2.45, 2.75) is 33.4 Å². The standard InChI is InChI=1S/C19H22N4O/c1-13(2)23-14(3)21-17-11-16(9-10-18(17)23)22-19(24)20-12-15-7-5-4-6-8-15/h4-11,13H,12H2,1-3H3,(H2,20,22,24). The molecule has 0 unspecified atom stereocenters. The highest BCUT2D eigenvalue weighted by Crippen LogP contribution is 2.23. The molecule has 0 saturated carbocycles. The Bertz CT molecular complexity index is 852. The summed E-state index contributed by atoms with van der Waals surface area (Å²) in [6.07, 6.45) is 0. The molecule has 3 rings (SSSR count). The van der Waals surface area contributed by atoms with Crippen LogP contribution >= 0.6 is 0 Å². The number of rotatable bonds is 4. The predicted molar refractivity (Wildman–Crippen MR) is 97.2 cm³/mol. The second-order valence-electron chi connectivity index (χ2n) is 6.12. The van der Waals surface area contributed by atoms with E-state index in [-0.39, 0.29) is 6.03 Å².